The minimum Gasteiger partial charge on any atom is -0.457 e. The van der Waals surface area contributed by atoms with E-state index in [4.69, 9.17) is 18.6 Å². The molecule has 1 aliphatic heterocycles. The third kappa shape index (κ3) is 8.42. The molecule has 1 aliphatic rings. The molecule has 1 fully saturated rings. The quantitative estimate of drug-likeness (QED) is 0.226. The molecule has 0 atom stereocenters. The van der Waals surface area contributed by atoms with Crippen molar-refractivity contribution < 1.29 is 23.4 Å². The number of hydrogen-bond acceptors (Lipinski definition) is 7. The molecule has 4 rings (SSSR count). The normalized spacial score (nSPS) is 13.9. The lowest BCUT2D eigenvalue weighted by Crippen LogP contribution is -2.29. The minimum atomic E-state index is -0.315. The number of piperidine rings is 1. The molecule has 2 heterocycles. The molecule has 0 spiro atoms. The SMILES string of the molecule is COCCOCCOCCNC(=O)C(=Cc1ccc(-c2ccc3cc(N4CCCCC4)ccc3c2)o1)CC#N. The van der Waals surface area contributed by atoms with E-state index >= 15 is 0 Å². The van der Waals surface area contributed by atoms with Gasteiger partial charge in [0.25, 0.3) is 0 Å². The summed E-state index contributed by atoms with van der Waals surface area (Å²) in [5, 5.41) is 14.4. The molecule has 2 aromatic carbocycles. The first-order valence-corrected chi connectivity index (χ1v) is 13.6. The Labute approximate surface area is 230 Å². The third-order valence-electron chi connectivity index (χ3n) is 6.67. The molecule has 8 heteroatoms. The van der Waals surface area contributed by atoms with E-state index in [1.165, 1.54) is 30.3 Å². The molecular weight excluding hydrogens is 494 g/mol. The Hall–Kier alpha value is -3.64. The molecular formula is C31H37N3O5. The first-order valence-electron chi connectivity index (χ1n) is 13.6. The van der Waals surface area contributed by atoms with E-state index in [1.807, 2.05) is 12.1 Å². The van der Waals surface area contributed by atoms with E-state index in [0.717, 1.165) is 24.0 Å². The van der Waals surface area contributed by atoms with Gasteiger partial charge in [0.05, 0.1) is 45.5 Å². The number of nitrogens with zero attached hydrogens (tertiary/aromatic N) is 2. The Morgan fingerprint density at radius 2 is 1.72 bits per heavy atom. The van der Waals surface area contributed by atoms with E-state index in [2.05, 4.69) is 52.7 Å². The highest BCUT2D eigenvalue weighted by Gasteiger charge is 2.13. The fourth-order valence-corrected chi connectivity index (χ4v) is 4.59. The minimum absolute atomic E-state index is 0.0224. The van der Waals surface area contributed by atoms with E-state index < -0.39 is 0 Å². The zero-order chi connectivity index (χ0) is 27.3. The van der Waals surface area contributed by atoms with Crippen LogP contribution in [0.4, 0.5) is 5.69 Å². The summed E-state index contributed by atoms with van der Waals surface area (Å²) in [4.78, 5) is 15.1. The number of hydrogen-bond donors (Lipinski definition) is 1. The molecule has 0 bridgehead atoms. The number of rotatable bonds is 14. The van der Waals surface area contributed by atoms with Crippen molar-refractivity contribution in [2.75, 3.05) is 64.7 Å². The van der Waals surface area contributed by atoms with Gasteiger partial charge in [-0.15, -0.1) is 0 Å². The van der Waals surface area contributed by atoms with Gasteiger partial charge >= 0.3 is 0 Å². The predicted molar refractivity (Wildman–Crippen MR) is 152 cm³/mol. The number of carbonyl (C=O) groups is 1. The van der Waals surface area contributed by atoms with Crippen LogP contribution in [-0.4, -0.2) is 65.7 Å². The van der Waals surface area contributed by atoms with Crippen molar-refractivity contribution in [2.24, 2.45) is 0 Å². The average Bonchev–Trinajstić information content (AvgIpc) is 3.44. The first-order chi connectivity index (χ1) is 19.2. The van der Waals surface area contributed by atoms with E-state index in [-0.39, 0.29) is 12.3 Å². The van der Waals surface area contributed by atoms with Crippen molar-refractivity contribution in [1.82, 2.24) is 5.32 Å². The van der Waals surface area contributed by atoms with Crippen LogP contribution in [-0.2, 0) is 19.0 Å². The number of nitriles is 1. The van der Waals surface area contributed by atoms with Crippen molar-refractivity contribution in [3.63, 3.8) is 0 Å². The fourth-order valence-electron chi connectivity index (χ4n) is 4.59. The molecule has 0 unspecified atom stereocenters. The van der Waals surface area contributed by atoms with Gasteiger partial charge in [-0.2, -0.15) is 5.26 Å². The number of nitrogens with one attached hydrogen (secondary N) is 1. The lowest BCUT2D eigenvalue weighted by atomic mass is 10.0. The summed E-state index contributed by atoms with van der Waals surface area (Å²) in [6.07, 6.45) is 5.43. The van der Waals surface area contributed by atoms with E-state index in [0.29, 0.717) is 56.7 Å². The Morgan fingerprint density at radius 1 is 0.974 bits per heavy atom. The van der Waals surface area contributed by atoms with Crippen LogP contribution in [0, 0.1) is 11.3 Å². The number of ether oxygens (including phenoxy) is 3. The first kappa shape index (κ1) is 28.4. The summed E-state index contributed by atoms with van der Waals surface area (Å²) >= 11 is 0. The number of amides is 1. The lowest BCUT2D eigenvalue weighted by Gasteiger charge is -2.29. The lowest BCUT2D eigenvalue weighted by molar-refractivity contribution is -0.117. The van der Waals surface area contributed by atoms with Crippen molar-refractivity contribution in [2.45, 2.75) is 25.7 Å². The zero-order valence-corrected chi connectivity index (χ0v) is 22.6. The molecule has 206 valence electrons. The maximum Gasteiger partial charge on any atom is 0.248 e. The topological polar surface area (TPSA) is 97.0 Å². The number of methoxy groups -OCH3 is 1. The smallest absolute Gasteiger partial charge is 0.248 e. The van der Waals surface area contributed by atoms with Gasteiger partial charge in [-0.25, -0.2) is 0 Å². The van der Waals surface area contributed by atoms with Crippen molar-refractivity contribution in [3.8, 4) is 17.4 Å². The summed E-state index contributed by atoms with van der Waals surface area (Å²) in [6.45, 7) is 4.90. The van der Waals surface area contributed by atoms with Crippen molar-refractivity contribution in [1.29, 1.82) is 5.26 Å². The van der Waals surface area contributed by atoms with Crippen LogP contribution in [0.25, 0.3) is 28.2 Å². The van der Waals surface area contributed by atoms with Crippen LogP contribution in [0.1, 0.15) is 31.4 Å². The number of anilines is 1. The predicted octanol–water partition coefficient (Wildman–Crippen LogP) is 5.18. The second-order valence-electron chi connectivity index (χ2n) is 9.47. The highest BCUT2D eigenvalue weighted by Crippen LogP contribution is 2.30. The zero-order valence-electron chi connectivity index (χ0n) is 22.6. The Kier molecular flexibility index (Phi) is 11.0. The van der Waals surface area contributed by atoms with E-state index in [1.54, 1.807) is 13.2 Å². The molecule has 1 aromatic heterocycles. The largest absolute Gasteiger partial charge is 0.457 e. The molecule has 0 radical (unpaired) electrons. The van der Waals surface area contributed by atoms with Gasteiger partial charge in [0.15, 0.2) is 0 Å². The highest BCUT2D eigenvalue weighted by atomic mass is 16.5. The number of furan rings is 1. The second-order valence-corrected chi connectivity index (χ2v) is 9.47. The molecule has 0 aliphatic carbocycles. The molecule has 0 saturated carbocycles. The molecule has 39 heavy (non-hydrogen) atoms. The fraction of sp³-hybridized carbons (Fsp3) is 0.419. The molecule has 1 saturated heterocycles. The summed E-state index contributed by atoms with van der Waals surface area (Å²) in [7, 11) is 1.62. The molecule has 8 nitrogen and oxygen atoms in total. The van der Waals surface area contributed by atoms with Crippen molar-refractivity contribution >= 4 is 28.4 Å². The number of carbonyl (C=O) groups excluding carboxylic acids is 1. The van der Waals surface area contributed by atoms with E-state index in [9.17, 15) is 10.1 Å². The monoisotopic (exact) mass is 531 g/mol. The Morgan fingerprint density at radius 3 is 2.51 bits per heavy atom. The average molecular weight is 532 g/mol. The van der Waals surface area contributed by atoms with Gasteiger partial charge in [0, 0.05) is 43.6 Å². The van der Waals surface area contributed by atoms with Crippen LogP contribution in [0.5, 0.6) is 0 Å². The summed E-state index contributed by atoms with van der Waals surface area (Å²) in [5.74, 6) is 0.918. The third-order valence-corrected chi connectivity index (χ3v) is 6.67. The highest BCUT2D eigenvalue weighted by molar-refractivity contribution is 5.98. The second kappa shape index (κ2) is 15.1. The maximum atomic E-state index is 12.6. The Bertz CT molecular complexity index is 1290. The van der Waals surface area contributed by atoms with Crippen LogP contribution in [0.3, 0.4) is 0 Å². The molecule has 1 amide bonds. The Balaban J connectivity index is 1.34. The van der Waals surface area contributed by atoms with Gasteiger partial charge < -0.3 is 28.8 Å². The van der Waals surface area contributed by atoms with Crippen LogP contribution in [0.2, 0.25) is 0 Å². The van der Waals surface area contributed by atoms with Gasteiger partial charge in [-0.1, -0.05) is 18.2 Å². The van der Waals surface area contributed by atoms with Gasteiger partial charge in [0.2, 0.25) is 5.91 Å². The van der Waals surface area contributed by atoms with Gasteiger partial charge in [-0.05, 0) is 66.4 Å². The molecule has 3 aromatic rings. The number of fused-ring (bicyclic) bond motifs is 1. The van der Waals surface area contributed by atoms with Crippen LogP contribution >= 0.6 is 0 Å². The summed E-state index contributed by atoms with van der Waals surface area (Å²) < 4.78 is 21.7. The summed E-state index contributed by atoms with van der Waals surface area (Å²) in [5.41, 5.74) is 2.58. The van der Waals surface area contributed by atoms with Crippen LogP contribution < -0.4 is 10.2 Å². The molecule has 1 N–H and O–H groups in total. The standard InChI is InChI=1S/C31H37N3O5/c1-36-17-18-38-20-19-37-16-13-33-31(35)27(11-12-32)23-29-9-10-30(39-29)26-6-5-25-22-28(8-7-24(25)21-26)34-14-3-2-4-15-34/h5-10,21-23H,2-4,11,13-20H2,1H3,(H,33,35). The number of benzene rings is 2. The van der Waals surface area contributed by atoms with Crippen LogP contribution in [0.15, 0.2) is 58.5 Å². The van der Waals surface area contributed by atoms with Gasteiger partial charge in [-0.3, -0.25) is 4.79 Å². The van der Waals surface area contributed by atoms with Gasteiger partial charge in [0.1, 0.15) is 11.5 Å². The van der Waals surface area contributed by atoms with Crippen molar-refractivity contribution in [3.05, 3.63) is 59.9 Å². The summed E-state index contributed by atoms with van der Waals surface area (Å²) in [6, 6.07) is 18.7. The maximum absolute atomic E-state index is 12.6.